The maximum absolute atomic E-state index is 15.2. The molecule has 0 aromatic heterocycles. The minimum absolute atomic E-state index is 0.295. The monoisotopic (exact) mass is 724 g/mol. The van der Waals surface area contributed by atoms with Crippen molar-refractivity contribution in [3.8, 4) is 0 Å². The van der Waals surface area contributed by atoms with Crippen molar-refractivity contribution in [2.45, 2.75) is 37.9 Å². The Morgan fingerprint density at radius 3 is 1.19 bits per heavy atom. The summed E-state index contributed by atoms with van der Waals surface area (Å²) in [4.78, 5) is 33.7. The number of fused-ring (bicyclic) bond motifs is 4. The maximum Gasteiger partial charge on any atom is 0.221 e. The molecule has 0 spiro atoms. The summed E-state index contributed by atoms with van der Waals surface area (Å²) in [7, 11) is 15.8. The van der Waals surface area contributed by atoms with Gasteiger partial charge in [0.2, 0.25) is 11.8 Å². The average molecular weight is 725 g/mol. The SMILES string of the molecule is CC(=O)Nc1cc(N(C)C)c2c(N(C)C)c3ccccc3cc2c1C1C([O-])C(c2c(NC(C)=O)cc(N(C)C)c3c(N(C)C)c4ccccc4cc23)C1[O-]. The van der Waals surface area contributed by atoms with Gasteiger partial charge < -0.3 is 40.4 Å². The molecule has 0 heterocycles. The molecule has 6 aromatic rings. The Labute approximate surface area is 316 Å². The first kappa shape index (κ1) is 36.8. The Kier molecular flexibility index (Phi) is 9.31. The number of rotatable bonds is 8. The molecular formula is C44H48N6O4-2. The fraction of sp³-hybridized carbons (Fsp3) is 0.318. The molecule has 280 valence electrons. The lowest BCUT2D eigenvalue weighted by Gasteiger charge is -2.62. The van der Waals surface area contributed by atoms with Crippen LogP contribution in [-0.2, 0) is 9.59 Å². The third kappa shape index (κ3) is 5.81. The molecule has 1 aliphatic rings. The van der Waals surface area contributed by atoms with Gasteiger partial charge in [0.1, 0.15) is 0 Å². The van der Waals surface area contributed by atoms with Gasteiger partial charge in [-0.1, -0.05) is 48.5 Å². The molecule has 0 atom stereocenters. The topological polar surface area (TPSA) is 117 Å². The number of hydrogen-bond acceptors (Lipinski definition) is 8. The van der Waals surface area contributed by atoms with Crippen LogP contribution in [0.3, 0.4) is 0 Å². The van der Waals surface area contributed by atoms with E-state index in [1.54, 1.807) is 0 Å². The molecule has 7 rings (SSSR count). The molecule has 0 aliphatic heterocycles. The molecule has 0 bridgehead atoms. The maximum atomic E-state index is 15.2. The molecule has 1 aliphatic carbocycles. The first-order chi connectivity index (χ1) is 25.6. The highest BCUT2D eigenvalue weighted by Crippen LogP contribution is 2.56. The van der Waals surface area contributed by atoms with E-state index in [1.165, 1.54) is 13.8 Å². The number of benzene rings is 6. The average Bonchev–Trinajstić information content (AvgIpc) is 3.10. The van der Waals surface area contributed by atoms with Gasteiger partial charge in [0.25, 0.3) is 0 Å². The van der Waals surface area contributed by atoms with E-state index in [-0.39, 0.29) is 11.8 Å². The molecule has 0 saturated heterocycles. The standard InChI is InChI=1S/C44H48N6O4/c1-23(51)45-31-21-33(47(3)4)37-29(19-25-15-11-13-17-27(25)41(37)49(7)8)35(31)39-43(53)40(44(39)54)36-30-20-26-16-12-14-18-28(26)42(50(9)10)38(30)34(48(5)6)22-32(36)46-24(2)52/h11-22,39-40,43-44H,1-10H3,(H,45,51)(H,46,52)/q-2. The fourth-order valence-corrected chi connectivity index (χ4v) is 8.73. The van der Waals surface area contributed by atoms with Gasteiger partial charge in [0, 0.05) is 115 Å². The van der Waals surface area contributed by atoms with Crippen LogP contribution in [0.1, 0.15) is 36.8 Å². The van der Waals surface area contributed by atoms with E-state index in [4.69, 9.17) is 0 Å². The van der Waals surface area contributed by atoms with Crippen molar-refractivity contribution < 1.29 is 19.8 Å². The van der Waals surface area contributed by atoms with Crippen LogP contribution >= 0.6 is 0 Å². The smallest absolute Gasteiger partial charge is 0.221 e. The largest absolute Gasteiger partial charge is 0.851 e. The lowest BCUT2D eigenvalue weighted by Crippen LogP contribution is -2.64. The fourth-order valence-electron chi connectivity index (χ4n) is 8.73. The lowest BCUT2D eigenvalue weighted by atomic mass is 9.61. The third-order valence-electron chi connectivity index (χ3n) is 10.8. The molecule has 10 nitrogen and oxygen atoms in total. The van der Waals surface area contributed by atoms with Crippen molar-refractivity contribution >= 4 is 89.0 Å². The predicted octanol–water partition coefficient (Wildman–Crippen LogP) is 5.82. The highest BCUT2D eigenvalue weighted by Gasteiger charge is 2.43. The van der Waals surface area contributed by atoms with Gasteiger partial charge in [-0.2, -0.15) is 0 Å². The molecule has 1 saturated carbocycles. The van der Waals surface area contributed by atoms with E-state index < -0.39 is 24.0 Å². The summed E-state index contributed by atoms with van der Waals surface area (Å²) in [5, 5.41) is 43.6. The van der Waals surface area contributed by atoms with Crippen molar-refractivity contribution in [3.05, 3.63) is 83.9 Å². The Balaban J connectivity index is 1.54. The zero-order valence-corrected chi connectivity index (χ0v) is 32.7. The van der Waals surface area contributed by atoms with E-state index in [0.717, 1.165) is 65.8 Å². The van der Waals surface area contributed by atoms with Gasteiger partial charge in [0.05, 0.1) is 11.4 Å². The van der Waals surface area contributed by atoms with E-state index in [9.17, 15) is 9.59 Å². The molecule has 54 heavy (non-hydrogen) atoms. The molecule has 0 unspecified atom stereocenters. The van der Waals surface area contributed by atoms with Crippen LogP contribution in [0.2, 0.25) is 0 Å². The highest BCUT2D eigenvalue weighted by molar-refractivity contribution is 6.20. The third-order valence-corrected chi connectivity index (χ3v) is 10.8. The predicted molar refractivity (Wildman–Crippen MR) is 222 cm³/mol. The van der Waals surface area contributed by atoms with Crippen molar-refractivity contribution in [1.29, 1.82) is 0 Å². The minimum Gasteiger partial charge on any atom is -0.851 e. The Morgan fingerprint density at radius 2 is 0.870 bits per heavy atom. The molecule has 2 N–H and O–H groups in total. The zero-order chi connectivity index (χ0) is 38.9. The van der Waals surface area contributed by atoms with E-state index in [1.807, 2.05) is 115 Å². The molecular weight excluding hydrogens is 677 g/mol. The Bertz CT molecular complexity index is 2310. The van der Waals surface area contributed by atoms with Gasteiger partial charge in [-0.15, -0.1) is 12.2 Å². The molecule has 1 fully saturated rings. The number of anilines is 6. The molecule has 0 radical (unpaired) electrons. The quantitative estimate of drug-likeness (QED) is 0.189. The summed E-state index contributed by atoms with van der Waals surface area (Å²) in [6.07, 6.45) is -2.78. The van der Waals surface area contributed by atoms with Crippen molar-refractivity contribution in [1.82, 2.24) is 0 Å². The second kappa shape index (κ2) is 13.7. The second-order valence-corrected chi connectivity index (χ2v) is 15.4. The first-order valence-corrected chi connectivity index (χ1v) is 18.2. The number of carbonyl (C=O) groups excluding carboxylic acids is 2. The minimum atomic E-state index is -1.39. The Morgan fingerprint density at radius 1 is 0.519 bits per heavy atom. The number of hydrogen-bond donors (Lipinski definition) is 2. The van der Waals surface area contributed by atoms with Crippen LogP contribution in [0.5, 0.6) is 0 Å². The normalized spacial score (nSPS) is 18.1. The summed E-state index contributed by atoms with van der Waals surface area (Å²) in [6.45, 7) is 2.87. The van der Waals surface area contributed by atoms with Gasteiger partial charge in [-0.05, 0) is 68.8 Å². The molecule has 2 amide bonds. The summed E-state index contributed by atoms with van der Waals surface area (Å²) < 4.78 is 0. The van der Waals surface area contributed by atoms with E-state index in [2.05, 4.69) is 44.7 Å². The van der Waals surface area contributed by atoms with Crippen LogP contribution in [-0.4, -0.2) is 80.4 Å². The Hall–Kier alpha value is -5.58. The van der Waals surface area contributed by atoms with Gasteiger partial charge in [-0.3, -0.25) is 9.59 Å². The van der Waals surface area contributed by atoms with Crippen molar-refractivity contribution in [2.75, 3.05) is 86.6 Å². The van der Waals surface area contributed by atoms with Crippen LogP contribution in [0, 0.1) is 0 Å². The van der Waals surface area contributed by atoms with Crippen molar-refractivity contribution in [3.63, 3.8) is 0 Å². The van der Waals surface area contributed by atoms with Crippen LogP contribution in [0.15, 0.2) is 72.8 Å². The van der Waals surface area contributed by atoms with E-state index >= 15 is 10.2 Å². The van der Waals surface area contributed by atoms with Gasteiger partial charge in [-0.25, -0.2) is 0 Å². The number of carbonyl (C=O) groups is 2. The summed E-state index contributed by atoms with van der Waals surface area (Å²) >= 11 is 0. The van der Waals surface area contributed by atoms with Crippen LogP contribution in [0.4, 0.5) is 34.1 Å². The zero-order valence-electron chi connectivity index (χ0n) is 32.7. The molecule has 6 aromatic carbocycles. The second-order valence-electron chi connectivity index (χ2n) is 15.4. The van der Waals surface area contributed by atoms with Crippen molar-refractivity contribution in [2.24, 2.45) is 0 Å². The van der Waals surface area contributed by atoms with Crippen LogP contribution in [0.25, 0.3) is 43.1 Å². The first-order valence-electron chi connectivity index (χ1n) is 18.2. The number of nitrogens with one attached hydrogen (secondary N) is 2. The highest BCUT2D eigenvalue weighted by atomic mass is 16.3. The van der Waals surface area contributed by atoms with Gasteiger partial charge in [0.15, 0.2) is 0 Å². The summed E-state index contributed by atoms with van der Waals surface area (Å²) in [6, 6.07) is 24.1. The van der Waals surface area contributed by atoms with E-state index in [0.29, 0.717) is 22.5 Å². The summed E-state index contributed by atoms with van der Waals surface area (Å²) in [5.41, 5.74) is 5.65. The lowest BCUT2D eigenvalue weighted by molar-refractivity contribution is -0.535. The number of nitrogens with zero attached hydrogens (tertiary/aromatic N) is 4. The number of amides is 2. The van der Waals surface area contributed by atoms with Gasteiger partial charge >= 0.3 is 0 Å². The summed E-state index contributed by atoms with van der Waals surface area (Å²) in [5.74, 6) is -2.57. The van der Waals surface area contributed by atoms with Crippen LogP contribution < -0.4 is 40.4 Å². The molecule has 10 heteroatoms.